The van der Waals surface area contributed by atoms with Crippen LogP contribution in [0.3, 0.4) is 0 Å². The Hall–Kier alpha value is -2.36. The second kappa shape index (κ2) is 5.33. The molecule has 1 amide bonds. The van der Waals surface area contributed by atoms with E-state index in [-0.39, 0.29) is 11.9 Å². The van der Waals surface area contributed by atoms with Gasteiger partial charge in [0, 0.05) is 30.2 Å². The number of carbonyl (C=O) groups excluding carboxylic acids is 1. The number of hydrogen-bond acceptors (Lipinski definition) is 3. The molecule has 0 spiro atoms. The van der Waals surface area contributed by atoms with E-state index in [1.165, 1.54) is 5.56 Å². The Morgan fingerprint density at radius 3 is 2.90 bits per heavy atom. The fraction of sp³-hybridized carbons (Fsp3) is 0.250. The lowest BCUT2D eigenvalue weighted by Crippen LogP contribution is -2.26. The molecule has 2 heterocycles. The van der Waals surface area contributed by atoms with Gasteiger partial charge in [0.05, 0.1) is 6.04 Å². The van der Waals surface area contributed by atoms with Crippen molar-refractivity contribution in [1.82, 2.24) is 10.3 Å². The second-order valence-corrected chi connectivity index (χ2v) is 5.02. The fourth-order valence-corrected chi connectivity index (χ4v) is 2.46. The van der Waals surface area contributed by atoms with E-state index in [1.54, 1.807) is 12.4 Å². The van der Waals surface area contributed by atoms with Crippen molar-refractivity contribution in [3.63, 3.8) is 0 Å². The van der Waals surface area contributed by atoms with E-state index < -0.39 is 0 Å². The van der Waals surface area contributed by atoms with E-state index in [1.807, 2.05) is 37.3 Å². The summed E-state index contributed by atoms with van der Waals surface area (Å²) in [5, 5.41) is 6.31. The van der Waals surface area contributed by atoms with Crippen molar-refractivity contribution in [3.05, 3.63) is 59.4 Å². The van der Waals surface area contributed by atoms with E-state index in [4.69, 9.17) is 0 Å². The molecule has 1 aliphatic rings. The second-order valence-electron chi connectivity index (χ2n) is 5.02. The first-order valence-electron chi connectivity index (χ1n) is 6.81. The summed E-state index contributed by atoms with van der Waals surface area (Å²) in [4.78, 5) is 16.3. The van der Waals surface area contributed by atoms with Crippen molar-refractivity contribution in [2.45, 2.75) is 19.4 Å². The molecule has 1 aromatic carbocycles. The Bertz CT molecular complexity index is 625. The van der Waals surface area contributed by atoms with Gasteiger partial charge in [-0.15, -0.1) is 0 Å². The number of hydrogen-bond donors (Lipinski definition) is 2. The van der Waals surface area contributed by atoms with Crippen molar-refractivity contribution >= 4 is 11.6 Å². The molecule has 0 saturated carbocycles. The van der Waals surface area contributed by atoms with Crippen LogP contribution in [0.15, 0.2) is 42.7 Å². The number of benzene rings is 1. The lowest BCUT2D eigenvalue weighted by atomic mass is 10.1. The summed E-state index contributed by atoms with van der Waals surface area (Å²) < 4.78 is 0. The Morgan fingerprint density at radius 1 is 1.30 bits per heavy atom. The first-order chi connectivity index (χ1) is 9.74. The molecule has 3 rings (SSSR count). The van der Waals surface area contributed by atoms with Gasteiger partial charge in [0.2, 0.25) is 0 Å². The minimum atomic E-state index is -0.0380. The molecule has 0 fully saturated rings. The SMILES string of the molecule is CC(NC(=O)c1ccc2c(c1)CCN2)c1ccncc1. The summed E-state index contributed by atoms with van der Waals surface area (Å²) >= 11 is 0. The quantitative estimate of drug-likeness (QED) is 0.898. The summed E-state index contributed by atoms with van der Waals surface area (Å²) in [7, 11) is 0. The van der Waals surface area contributed by atoms with E-state index in [0.717, 1.165) is 24.2 Å². The van der Waals surface area contributed by atoms with Crippen LogP contribution in [-0.2, 0) is 6.42 Å². The predicted molar refractivity (Wildman–Crippen MR) is 78.8 cm³/mol. The molecule has 0 bridgehead atoms. The molecular formula is C16H17N3O. The maximum absolute atomic E-state index is 12.3. The fourth-order valence-electron chi connectivity index (χ4n) is 2.46. The van der Waals surface area contributed by atoms with Crippen LogP contribution in [0.2, 0.25) is 0 Å². The van der Waals surface area contributed by atoms with Gasteiger partial charge >= 0.3 is 0 Å². The predicted octanol–water partition coefficient (Wildman–Crippen LogP) is 2.54. The number of nitrogens with zero attached hydrogens (tertiary/aromatic N) is 1. The van der Waals surface area contributed by atoms with Crippen molar-refractivity contribution in [2.24, 2.45) is 0 Å². The van der Waals surface area contributed by atoms with Gasteiger partial charge in [-0.25, -0.2) is 0 Å². The van der Waals surface area contributed by atoms with Gasteiger partial charge in [-0.2, -0.15) is 0 Å². The first kappa shape index (κ1) is 12.7. The highest BCUT2D eigenvalue weighted by atomic mass is 16.1. The monoisotopic (exact) mass is 267 g/mol. The molecule has 1 unspecified atom stereocenters. The van der Waals surface area contributed by atoms with Gasteiger partial charge in [0.25, 0.3) is 5.91 Å². The van der Waals surface area contributed by atoms with E-state index >= 15 is 0 Å². The number of aromatic nitrogens is 1. The van der Waals surface area contributed by atoms with Gasteiger partial charge in [-0.3, -0.25) is 9.78 Å². The van der Waals surface area contributed by atoms with Crippen LogP contribution in [0.5, 0.6) is 0 Å². The van der Waals surface area contributed by atoms with Crippen molar-refractivity contribution in [1.29, 1.82) is 0 Å². The summed E-state index contributed by atoms with van der Waals surface area (Å²) in [5.74, 6) is -0.0380. The number of nitrogens with one attached hydrogen (secondary N) is 2. The molecule has 2 N–H and O–H groups in total. The summed E-state index contributed by atoms with van der Waals surface area (Å²) in [5.41, 5.74) is 4.13. The van der Waals surface area contributed by atoms with Crippen LogP contribution in [0.25, 0.3) is 0 Å². The maximum atomic E-state index is 12.3. The van der Waals surface area contributed by atoms with Crippen LogP contribution in [0.1, 0.15) is 34.5 Å². The van der Waals surface area contributed by atoms with Crippen LogP contribution in [-0.4, -0.2) is 17.4 Å². The first-order valence-corrected chi connectivity index (χ1v) is 6.81. The van der Waals surface area contributed by atoms with Gasteiger partial charge < -0.3 is 10.6 Å². The number of rotatable bonds is 3. The zero-order valence-corrected chi connectivity index (χ0v) is 11.4. The number of fused-ring (bicyclic) bond motifs is 1. The molecule has 1 atom stereocenters. The highest BCUT2D eigenvalue weighted by Crippen LogP contribution is 2.23. The third kappa shape index (κ3) is 2.50. The van der Waals surface area contributed by atoms with Gasteiger partial charge in [-0.1, -0.05) is 0 Å². The molecule has 2 aromatic rings. The van der Waals surface area contributed by atoms with Crippen molar-refractivity contribution in [2.75, 3.05) is 11.9 Å². The Labute approximate surface area is 118 Å². The minimum Gasteiger partial charge on any atom is -0.384 e. The largest absolute Gasteiger partial charge is 0.384 e. The molecule has 4 heteroatoms. The van der Waals surface area contributed by atoms with Crippen LogP contribution in [0, 0.1) is 0 Å². The average Bonchev–Trinajstić information content (AvgIpc) is 2.95. The molecule has 4 nitrogen and oxygen atoms in total. The Morgan fingerprint density at radius 2 is 2.10 bits per heavy atom. The molecule has 20 heavy (non-hydrogen) atoms. The van der Waals surface area contributed by atoms with Crippen molar-refractivity contribution in [3.8, 4) is 0 Å². The zero-order valence-electron chi connectivity index (χ0n) is 11.4. The maximum Gasteiger partial charge on any atom is 0.251 e. The van der Waals surface area contributed by atoms with Gasteiger partial charge in [-0.05, 0) is 54.8 Å². The van der Waals surface area contributed by atoms with E-state index in [0.29, 0.717) is 5.56 Å². The number of amides is 1. The van der Waals surface area contributed by atoms with E-state index in [2.05, 4.69) is 15.6 Å². The summed E-state index contributed by atoms with van der Waals surface area (Å²) in [6.45, 7) is 2.93. The third-order valence-electron chi connectivity index (χ3n) is 3.63. The highest BCUT2D eigenvalue weighted by molar-refractivity contribution is 5.95. The number of pyridine rings is 1. The molecule has 1 aromatic heterocycles. The van der Waals surface area contributed by atoms with Crippen LogP contribution in [0.4, 0.5) is 5.69 Å². The van der Waals surface area contributed by atoms with Crippen LogP contribution >= 0.6 is 0 Å². The lowest BCUT2D eigenvalue weighted by molar-refractivity contribution is 0.0940. The van der Waals surface area contributed by atoms with Crippen LogP contribution < -0.4 is 10.6 Å². The molecule has 102 valence electrons. The topological polar surface area (TPSA) is 54.0 Å². The molecule has 1 aliphatic heterocycles. The highest BCUT2D eigenvalue weighted by Gasteiger charge is 2.15. The van der Waals surface area contributed by atoms with Gasteiger partial charge in [0.15, 0.2) is 0 Å². The summed E-state index contributed by atoms with van der Waals surface area (Å²) in [6.07, 6.45) is 4.45. The normalized spacial score (nSPS) is 14.2. The standard InChI is InChI=1S/C16H17N3O/c1-11(12-4-7-17-8-5-12)19-16(20)14-2-3-15-13(10-14)6-9-18-15/h2-5,7-8,10-11,18H,6,9H2,1H3,(H,19,20). The Kier molecular flexibility index (Phi) is 3.37. The third-order valence-corrected chi connectivity index (χ3v) is 3.63. The zero-order chi connectivity index (χ0) is 13.9. The average molecular weight is 267 g/mol. The Balaban J connectivity index is 1.73. The molecule has 0 radical (unpaired) electrons. The smallest absolute Gasteiger partial charge is 0.251 e. The molecule has 0 saturated heterocycles. The lowest BCUT2D eigenvalue weighted by Gasteiger charge is -2.14. The summed E-state index contributed by atoms with van der Waals surface area (Å²) in [6, 6.07) is 9.62. The minimum absolute atomic E-state index is 0.0307. The molecule has 0 aliphatic carbocycles. The number of anilines is 1. The number of carbonyl (C=O) groups is 1. The van der Waals surface area contributed by atoms with Crippen molar-refractivity contribution < 1.29 is 4.79 Å². The van der Waals surface area contributed by atoms with E-state index in [9.17, 15) is 4.79 Å². The van der Waals surface area contributed by atoms with Gasteiger partial charge in [0.1, 0.15) is 0 Å². The molecular weight excluding hydrogens is 250 g/mol.